The molecule has 0 atom stereocenters. The number of hydrogen-bond donors (Lipinski definition) is 2. The number of benzene rings is 2. The van der Waals surface area contributed by atoms with Gasteiger partial charge in [-0.25, -0.2) is 9.18 Å². The van der Waals surface area contributed by atoms with Crippen molar-refractivity contribution in [2.75, 3.05) is 19.5 Å². The van der Waals surface area contributed by atoms with Crippen molar-refractivity contribution >= 4 is 23.5 Å². The van der Waals surface area contributed by atoms with Crippen LogP contribution in [-0.4, -0.2) is 37.3 Å². The summed E-state index contributed by atoms with van der Waals surface area (Å²) < 4.78 is 20.2. The number of ether oxygens (including phenoxy) is 1. The standard InChI is InChI=1S/C26H33FN4O2/c1-16(2)23-11-18(17(3)10-25(23)33-5)15-31(21-7-8-21)26(32)30-20-6-9-22(24(27)12-20)19(13-28)14-29-4/h6,9-14,16,21H,7-8,15,28H2,1-5H3,(H,30,32). The van der Waals surface area contributed by atoms with Crippen LogP contribution in [0.3, 0.4) is 0 Å². The number of allylic oxidation sites excluding steroid dienone is 1. The molecule has 1 aliphatic rings. The molecule has 33 heavy (non-hydrogen) atoms. The van der Waals surface area contributed by atoms with Gasteiger partial charge in [0.1, 0.15) is 11.6 Å². The number of aryl methyl sites for hydroxylation is 1. The van der Waals surface area contributed by atoms with Crippen LogP contribution in [0.2, 0.25) is 0 Å². The summed E-state index contributed by atoms with van der Waals surface area (Å²) in [5.41, 5.74) is 10.1. The molecule has 0 radical (unpaired) electrons. The van der Waals surface area contributed by atoms with Gasteiger partial charge in [-0.2, -0.15) is 0 Å². The number of carbonyl (C=O) groups is 1. The second-order valence-electron chi connectivity index (χ2n) is 8.67. The van der Waals surface area contributed by atoms with Gasteiger partial charge in [0.05, 0.1) is 7.11 Å². The third-order valence-corrected chi connectivity index (χ3v) is 5.88. The van der Waals surface area contributed by atoms with Gasteiger partial charge in [-0.15, -0.1) is 0 Å². The number of hydrogen-bond acceptors (Lipinski definition) is 4. The fraction of sp³-hybridized carbons (Fsp3) is 0.385. The van der Waals surface area contributed by atoms with Crippen molar-refractivity contribution in [1.82, 2.24) is 4.90 Å². The van der Waals surface area contributed by atoms with Crippen LogP contribution in [0.5, 0.6) is 5.75 Å². The Kier molecular flexibility index (Phi) is 7.74. The van der Waals surface area contributed by atoms with Crippen LogP contribution in [0.1, 0.15) is 54.9 Å². The number of anilines is 1. The maximum Gasteiger partial charge on any atom is 0.322 e. The average molecular weight is 453 g/mol. The number of urea groups is 1. The largest absolute Gasteiger partial charge is 0.496 e. The lowest BCUT2D eigenvalue weighted by atomic mass is 9.96. The van der Waals surface area contributed by atoms with E-state index in [2.05, 4.69) is 30.2 Å². The van der Waals surface area contributed by atoms with Gasteiger partial charge >= 0.3 is 6.03 Å². The Balaban J connectivity index is 1.81. The first-order valence-corrected chi connectivity index (χ1v) is 11.2. The molecule has 0 bridgehead atoms. The third-order valence-electron chi connectivity index (χ3n) is 5.88. The van der Waals surface area contributed by atoms with E-state index in [0.717, 1.165) is 35.3 Å². The van der Waals surface area contributed by atoms with E-state index in [9.17, 15) is 9.18 Å². The molecule has 0 aliphatic heterocycles. The molecule has 2 amide bonds. The molecule has 0 heterocycles. The zero-order valence-electron chi connectivity index (χ0n) is 20.0. The van der Waals surface area contributed by atoms with E-state index in [-0.39, 0.29) is 12.1 Å². The number of halogens is 1. The number of methoxy groups -OCH3 is 1. The van der Waals surface area contributed by atoms with Crippen molar-refractivity contribution in [2.45, 2.75) is 52.1 Å². The van der Waals surface area contributed by atoms with Gasteiger partial charge in [-0.05, 0) is 72.7 Å². The van der Waals surface area contributed by atoms with E-state index in [0.29, 0.717) is 29.3 Å². The van der Waals surface area contributed by atoms with Gasteiger partial charge < -0.3 is 20.7 Å². The van der Waals surface area contributed by atoms with Crippen molar-refractivity contribution in [3.63, 3.8) is 0 Å². The topological polar surface area (TPSA) is 79.9 Å². The Labute approximate surface area is 195 Å². The summed E-state index contributed by atoms with van der Waals surface area (Å²) in [4.78, 5) is 18.9. The summed E-state index contributed by atoms with van der Waals surface area (Å²) >= 11 is 0. The van der Waals surface area contributed by atoms with E-state index in [1.54, 1.807) is 26.3 Å². The quantitative estimate of drug-likeness (QED) is 0.522. The van der Waals surface area contributed by atoms with Crippen molar-refractivity contribution in [1.29, 1.82) is 0 Å². The lowest BCUT2D eigenvalue weighted by molar-refractivity contribution is 0.206. The van der Waals surface area contributed by atoms with Gasteiger partial charge in [0.2, 0.25) is 0 Å². The van der Waals surface area contributed by atoms with Crippen LogP contribution in [0.4, 0.5) is 14.9 Å². The minimum Gasteiger partial charge on any atom is -0.496 e. The third kappa shape index (κ3) is 5.72. The highest BCUT2D eigenvalue weighted by Crippen LogP contribution is 2.33. The lowest BCUT2D eigenvalue weighted by Crippen LogP contribution is -2.36. The van der Waals surface area contributed by atoms with Gasteiger partial charge in [-0.3, -0.25) is 4.99 Å². The van der Waals surface area contributed by atoms with Crippen molar-refractivity contribution in [3.05, 3.63) is 64.6 Å². The molecule has 1 aliphatic carbocycles. The molecule has 6 nitrogen and oxygen atoms in total. The van der Waals surface area contributed by atoms with Gasteiger partial charge in [0.15, 0.2) is 0 Å². The monoisotopic (exact) mass is 452 g/mol. The second kappa shape index (κ2) is 10.5. The van der Waals surface area contributed by atoms with E-state index in [1.165, 1.54) is 18.5 Å². The highest BCUT2D eigenvalue weighted by atomic mass is 19.1. The molecule has 0 unspecified atom stereocenters. The Morgan fingerprint density at radius 3 is 2.61 bits per heavy atom. The maximum atomic E-state index is 14.7. The highest BCUT2D eigenvalue weighted by Gasteiger charge is 2.33. The molecule has 0 spiro atoms. The molecule has 1 saturated carbocycles. The highest BCUT2D eigenvalue weighted by molar-refractivity contribution is 6.09. The second-order valence-corrected chi connectivity index (χ2v) is 8.67. The Hall–Kier alpha value is -3.35. The zero-order valence-corrected chi connectivity index (χ0v) is 20.0. The van der Waals surface area contributed by atoms with Crippen LogP contribution in [0, 0.1) is 12.7 Å². The van der Waals surface area contributed by atoms with Gasteiger partial charge in [0.25, 0.3) is 0 Å². The normalized spacial score (nSPS) is 14.1. The van der Waals surface area contributed by atoms with Crippen LogP contribution >= 0.6 is 0 Å². The molecule has 176 valence electrons. The van der Waals surface area contributed by atoms with Crippen LogP contribution in [0.25, 0.3) is 5.57 Å². The number of nitrogens with two attached hydrogens (primary N) is 1. The predicted octanol–water partition coefficient (Wildman–Crippen LogP) is 5.46. The first-order chi connectivity index (χ1) is 15.8. The minimum atomic E-state index is -0.477. The molecule has 2 aromatic rings. The average Bonchev–Trinajstić information content (AvgIpc) is 3.61. The molecule has 0 aromatic heterocycles. The summed E-state index contributed by atoms with van der Waals surface area (Å²) in [5.74, 6) is 0.687. The Morgan fingerprint density at radius 2 is 2.06 bits per heavy atom. The molecule has 0 saturated heterocycles. The smallest absolute Gasteiger partial charge is 0.322 e. The number of nitrogens with zero attached hydrogens (tertiary/aromatic N) is 2. The van der Waals surface area contributed by atoms with E-state index < -0.39 is 5.82 Å². The van der Waals surface area contributed by atoms with Gasteiger partial charge in [-0.1, -0.05) is 13.8 Å². The SMILES string of the molecule is CN=CC(=CN)c1ccc(NC(=O)N(Cc2cc(C(C)C)c(OC)cc2C)C2CC2)cc1F. The van der Waals surface area contributed by atoms with Crippen molar-refractivity contribution < 1.29 is 13.9 Å². The van der Waals surface area contributed by atoms with Crippen LogP contribution in [0.15, 0.2) is 41.5 Å². The minimum absolute atomic E-state index is 0.186. The molecule has 1 fully saturated rings. The van der Waals surface area contributed by atoms with E-state index in [1.807, 2.05) is 17.9 Å². The van der Waals surface area contributed by atoms with E-state index >= 15 is 0 Å². The summed E-state index contributed by atoms with van der Waals surface area (Å²) in [7, 11) is 3.27. The first kappa shape index (κ1) is 24.3. The predicted molar refractivity (Wildman–Crippen MR) is 132 cm³/mol. The number of amides is 2. The maximum absolute atomic E-state index is 14.7. The van der Waals surface area contributed by atoms with Crippen LogP contribution in [-0.2, 0) is 6.54 Å². The fourth-order valence-corrected chi connectivity index (χ4v) is 3.84. The summed E-state index contributed by atoms with van der Waals surface area (Å²) in [6, 6.07) is 8.68. The zero-order chi connectivity index (χ0) is 24.1. The van der Waals surface area contributed by atoms with Crippen molar-refractivity contribution in [2.24, 2.45) is 10.7 Å². The molecule has 3 N–H and O–H groups in total. The summed E-state index contributed by atoms with van der Waals surface area (Å²) in [6.45, 7) is 6.76. The molecular weight excluding hydrogens is 419 g/mol. The number of rotatable bonds is 8. The Morgan fingerprint density at radius 1 is 1.33 bits per heavy atom. The number of nitrogens with one attached hydrogen (secondary N) is 1. The van der Waals surface area contributed by atoms with Gasteiger partial charge in [0, 0.05) is 48.9 Å². The molecular formula is C26H33FN4O2. The molecule has 7 heteroatoms. The number of carbonyl (C=O) groups excluding carboxylic acids is 1. The summed E-state index contributed by atoms with van der Waals surface area (Å²) in [6.07, 6.45) is 4.73. The molecule has 3 rings (SSSR count). The van der Waals surface area contributed by atoms with Crippen LogP contribution < -0.4 is 15.8 Å². The number of aliphatic imine (C=N–C) groups is 1. The lowest BCUT2D eigenvalue weighted by Gasteiger charge is -2.25. The Bertz CT molecular complexity index is 1070. The molecule has 2 aromatic carbocycles. The van der Waals surface area contributed by atoms with Crippen molar-refractivity contribution in [3.8, 4) is 5.75 Å². The summed E-state index contributed by atoms with van der Waals surface area (Å²) in [5, 5.41) is 2.86. The first-order valence-electron chi connectivity index (χ1n) is 11.2. The van der Waals surface area contributed by atoms with E-state index in [4.69, 9.17) is 10.5 Å². The fourth-order valence-electron chi connectivity index (χ4n) is 3.84.